The van der Waals surface area contributed by atoms with Crippen molar-refractivity contribution in [2.24, 2.45) is 5.41 Å². The van der Waals surface area contributed by atoms with Gasteiger partial charge in [-0.05, 0) is 32.0 Å². The monoisotopic (exact) mass is 251 g/mol. The molecule has 0 unspecified atom stereocenters. The first kappa shape index (κ1) is 13.3. The van der Waals surface area contributed by atoms with E-state index in [0.29, 0.717) is 16.3 Å². The Kier molecular flexibility index (Phi) is 3.97. The quantitative estimate of drug-likeness (QED) is 0.809. The summed E-state index contributed by atoms with van der Waals surface area (Å²) >= 11 is 5.76. The van der Waals surface area contributed by atoms with Gasteiger partial charge in [0.25, 0.3) is 5.91 Å². The Labute approximate surface area is 105 Å². The molecule has 1 amide bonds. The van der Waals surface area contributed by atoms with Gasteiger partial charge in [-0.1, -0.05) is 11.6 Å². The zero-order valence-electron chi connectivity index (χ0n) is 9.75. The van der Waals surface area contributed by atoms with Crippen LogP contribution in [-0.4, -0.2) is 12.5 Å². The molecule has 0 fully saturated rings. The molecule has 0 heterocycles. The van der Waals surface area contributed by atoms with Gasteiger partial charge in [0, 0.05) is 12.1 Å². The van der Waals surface area contributed by atoms with Gasteiger partial charge in [-0.25, -0.2) is 0 Å². The molecule has 1 rings (SSSR count). The number of nitrogens with zero attached hydrogens (tertiary/aromatic N) is 1. The maximum atomic E-state index is 11.8. The van der Waals surface area contributed by atoms with Crippen LogP contribution in [0.25, 0.3) is 0 Å². The Morgan fingerprint density at radius 1 is 1.59 bits per heavy atom. The minimum absolute atomic E-state index is 0.267. The molecule has 0 atom stereocenters. The van der Waals surface area contributed by atoms with E-state index in [-0.39, 0.29) is 12.5 Å². The van der Waals surface area contributed by atoms with E-state index in [0.717, 1.165) is 0 Å². The highest BCUT2D eigenvalue weighted by Gasteiger charge is 2.18. The molecule has 0 saturated heterocycles. The van der Waals surface area contributed by atoms with Gasteiger partial charge in [-0.2, -0.15) is 5.26 Å². The molecule has 0 saturated carbocycles. The summed E-state index contributed by atoms with van der Waals surface area (Å²) in [6.07, 6.45) is 0. The molecule has 0 aliphatic carbocycles. The van der Waals surface area contributed by atoms with Gasteiger partial charge in [-0.15, -0.1) is 0 Å². The van der Waals surface area contributed by atoms with Crippen molar-refractivity contribution < 1.29 is 4.79 Å². The predicted octanol–water partition coefficient (Wildman–Crippen LogP) is 2.20. The first-order valence-corrected chi connectivity index (χ1v) is 5.48. The van der Waals surface area contributed by atoms with Crippen molar-refractivity contribution >= 4 is 23.2 Å². The molecule has 3 N–H and O–H groups in total. The maximum Gasteiger partial charge on any atom is 0.251 e. The van der Waals surface area contributed by atoms with E-state index in [1.807, 2.05) is 0 Å². The van der Waals surface area contributed by atoms with Gasteiger partial charge in [0.2, 0.25) is 0 Å². The molecule has 90 valence electrons. The molecule has 1 aromatic rings. The third kappa shape index (κ3) is 3.65. The van der Waals surface area contributed by atoms with E-state index in [1.165, 1.54) is 6.07 Å². The second kappa shape index (κ2) is 5.07. The maximum absolute atomic E-state index is 11.8. The van der Waals surface area contributed by atoms with Crippen LogP contribution in [0.3, 0.4) is 0 Å². The van der Waals surface area contributed by atoms with Gasteiger partial charge < -0.3 is 11.1 Å². The number of nitrogen functional groups attached to an aromatic ring is 1. The number of benzene rings is 1. The number of hydrogen-bond donors (Lipinski definition) is 2. The highest BCUT2D eigenvalue weighted by Crippen LogP contribution is 2.19. The number of anilines is 1. The molecule has 0 bridgehead atoms. The van der Waals surface area contributed by atoms with Gasteiger partial charge in [0.05, 0.1) is 22.2 Å². The van der Waals surface area contributed by atoms with Crippen LogP contribution in [0.5, 0.6) is 0 Å². The third-order valence-electron chi connectivity index (χ3n) is 2.25. The summed E-state index contributed by atoms with van der Waals surface area (Å²) < 4.78 is 0. The van der Waals surface area contributed by atoms with Crippen molar-refractivity contribution in [3.63, 3.8) is 0 Å². The topological polar surface area (TPSA) is 78.9 Å². The number of carbonyl (C=O) groups excluding carboxylic acids is 1. The van der Waals surface area contributed by atoms with Gasteiger partial charge >= 0.3 is 0 Å². The summed E-state index contributed by atoms with van der Waals surface area (Å²) in [5, 5.41) is 11.9. The molecule has 5 heteroatoms. The molecule has 1 aromatic carbocycles. The second-order valence-corrected chi connectivity index (χ2v) is 4.82. The van der Waals surface area contributed by atoms with Crippen LogP contribution in [0, 0.1) is 16.7 Å². The lowest BCUT2D eigenvalue weighted by atomic mass is 9.96. The number of amides is 1. The molecular weight excluding hydrogens is 238 g/mol. The van der Waals surface area contributed by atoms with Crippen molar-refractivity contribution in [3.8, 4) is 6.07 Å². The van der Waals surface area contributed by atoms with E-state index in [2.05, 4.69) is 11.4 Å². The summed E-state index contributed by atoms with van der Waals surface area (Å²) in [6, 6.07) is 6.78. The Balaban J connectivity index is 2.72. The Morgan fingerprint density at radius 2 is 2.24 bits per heavy atom. The molecule has 0 aromatic heterocycles. The van der Waals surface area contributed by atoms with Crippen molar-refractivity contribution in [1.82, 2.24) is 5.32 Å². The number of nitrogens with two attached hydrogens (primary N) is 1. The summed E-state index contributed by atoms with van der Waals surface area (Å²) in [5.41, 5.74) is 5.80. The summed E-state index contributed by atoms with van der Waals surface area (Å²) in [6.45, 7) is 3.79. The lowest BCUT2D eigenvalue weighted by Gasteiger charge is -2.15. The zero-order chi connectivity index (χ0) is 13.1. The molecule has 0 aliphatic rings. The Morgan fingerprint density at radius 3 is 2.76 bits per heavy atom. The first-order chi connectivity index (χ1) is 7.85. The number of rotatable bonds is 3. The Bertz CT molecular complexity index is 477. The lowest BCUT2D eigenvalue weighted by Crippen LogP contribution is -2.33. The molecule has 17 heavy (non-hydrogen) atoms. The fourth-order valence-electron chi connectivity index (χ4n) is 1.13. The smallest absolute Gasteiger partial charge is 0.251 e. The fourth-order valence-corrected chi connectivity index (χ4v) is 1.25. The Hall–Kier alpha value is -1.73. The third-order valence-corrected chi connectivity index (χ3v) is 2.60. The zero-order valence-corrected chi connectivity index (χ0v) is 10.5. The SMILES string of the molecule is CC(C)(C#N)CNC(=O)c1ccc(Cl)c(N)c1. The number of halogens is 1. The van der Waals surface area contributed by atoms with E-state index >= 15 is 0 Å². The van der Waals surface area contributed by atoms with Crippen LogP contribution < -0.4 is 11.1 Å². The largest absolute Gasteiger partial charge is 0.398 e. The van der Waals surface area contributed by atoms with Crippen molar-refractivity contribution in [1.29, 1.82) is 5.26 Å². The molecule has 0 aliphatic heterocycles. The number of nitriles is 1. The van der Waals surface area contributed by atoms with Crippen LogP contribution >= 0.6 is 11.6 Å². The van der Waals surface area contributed by atoms with Crippen LogP contribution in [0.2, 0.25) is 5.02 Å². The number of hydrogen-bond acceptors (Lipinski definition) is 3. The van der Waals surface area contributed by atoms with Crippen LogP contribution in [0.4, 0.5) is 5.69 Å². The molecule has 0 spiro atoms. The summed E-state index contributed by atoms with van der Waals surface area (Å²) in [7, 11) is 0. The number of carbonyl (C=O) groups is 1. The van der Waals surface area contributed by atoms with E-state index in [4.69, 9.17) is 22.6 Å². The van der Waals surface area contributed by atoms with Crippen molar-refractivity contribution in [3.05, 3.63) is 28.8 Å². The highest BCUT2D eigenvalue weighted by molar-refractivity contribution is 6.33. The normalized spacial score (nSPS) is 10.7. The van der Waals surface area contributed by atoms with Crippen LogP contribution in [0.15, 0.2) is 18.2 Å². The molecular formula is C12H14ClN3O. The van der Waals surface area contributed by atoms with Gasteiger partial charge in [0.15, 0.2) is 0 Å². The highest BCUT2D eigenvalue weighted by atomic mass is 35.5. The predicted molar refractivity (Wildman–Crippen MR) is 67.6 cm³/mol. The van der Waals surface area contributed by atoms with E-state index < -0.39 is 5.41 Å². The molecule has 0 radical (unpaired) electrons. The fraction of sp³-hybridized carbons (Fsp3) is 0.333. The average molecular weight is 252 g/mol. The van der Waals surface area contributed by atoms with Crippen LogP contribution in [0.1, 0.15) is 24.2 Å². The van der Waals surface area contributed by atoms with Crippen molar-refractivity contribution in [2.45, 2.75) is 13.8 Å². The minimum atomic E-state index is -0.590. The van der Waals surface area contributed by atoms with E-state index in [9.17, 15) is 4.79 Å². The first-order valence-electron chi connectivity index (χ1n) is 5.10. The summed E-state index contributed by atoms with van der Waals surface area (Å²) in [4.78, 5) is 11.8. The number of nitrogens with one attached hydrogen (secondary N) is 1. The van der Waals surface area contributed by atoms with Gasteiger partial charge in [-0.3, -0.25) is 4.79 Å². The van der Waals surface area contributed by atoms with Crippen molar-refractivity contribution in [2.75, 3.05) is 12.3 Å². The van der Waals surface area contributed by atoms with Crippen LogP contribution in [-0.2, 0) is 0 Å². The molecule has 4 nitrogen and oxygen atoms in total. The minimum Gasteiger partial charge on any atom is -0.398 e. The average Bonchev–Trinajstić information content (AvgIpc) is 2.30. The lowest BCUT2D eigenvalue weighted by molar-refractivity contribution is 0.0944. The second-order valence-electron chi connectivity index (χ2n) is 4.41. The van der Waals surface area contributed by atoms with E-state index in [1.54, 1.807) is 26.0 Å². The van der Waals surface area contributed by atoms with Gasteiger partial charge in [0.1, 0.15) is 0 Å². The standard InChI is InChI=1S/C12H14ClN3O/c1-12(2,6-14)7-16-11(17)8-3-4-9(13)10(15)5-8/h3-5H,7,15H2,1-2H3,(H,16,17). The summed E-state index contributed by atoms with van der Waals surface area (Å²) in [5.74, 6) is -0.267.